The molecular formula is C29H22Br2F2O. The number of ketones is 1. The number of carbonyl (C=O) groups excluding carboxylic acids is 1. The van der Waals surface area contributed by atoms with Crippen LogP contribution >= 0.6 is 31.9 Å². The minimum Gasteiger partial charge on any atom is -0.298 e. The average molecular weight is 584 g/mol. The van der Waals surface area contributed by atoms with E-state index >= 15 is 0 Å². The van der Waals surface area contributed by atoms with Crippen molar-refractivity contribution in [1.29, 1.82) is 0 Å². The fourth-order valence-corrected chi connectivity index (χ4v) is 5.38. The van der Waals surface area contributed by atoms with Gasteiger partial charge >= 0.3 is 0 Å². The minimum absolute atomic E-state index is 0.0923. The van der Waals surface area contributed by atoms with Gasteiger partial charge in [-0.2, -0.15) is 0 Å². The molecular weight excluding hydrogens is 562 g/mol. The quantitative estimate of drug-likeness (QED) is 0.203. The van der Waals surface area contributed by atoms with Crippen molar-refractivity contribution in [3.8, 4) is 0 Å². The first-order valence-corrected chi connectivity index (χ1v) is 12.5. The minimum atomic E-state index is -0.628. The summed E-state index contributed by atoms with van der Waals surface area (Å²) in [6.07, 6.45) is 0.401. The van der Waals surface area contributed by atoms with Gasteiger partial charge in [-0.15, -0.1) is 0 Å². The predicted molar refractivity (Wildman–Crippen MR) is 139 cm³/mol. The average Bonchev–Trinajstić information content (AvgIpc) is 2.84. The molecule has 0 N–H and O–H groups in total. The summed E-state index contributed by atoms with van der Waals surface area (Å²) < 4.78 is 30.8. The summed E-state index contributed by atoms with van der Waals surface area (Å²) >= 11 is 7.16. The highest BCUT2D eigenvalue weighted by atomic mass is 79.9. The molecule has 5 heteroatoms. The van der Waals surface area contributed by atoms with Crippen molar-refractivity contribution in [1.82, 2.24) is 0 Å². The molecule has 0 saturated carbocycles. The second kappa shape index (κ2) is 11.2. The number of hydrogen-bond acceptors (Lipinski definition) is 1. The SMILES string of the molecule is O=C(C(Cc1ccccc1F)c1ccccc1Br)C(Cc1ccccc1F)c1ccccc1Br. The van der Waals surface area contributed by atoms with Crippen LogP contribution in [0.2, 0.25) is 0 Å². The van der Waals surface area contributed by atoms with E-state index in [0.29, 0.717) is 11.1 Å². The first-order chi connectivity index (χ1) is 16.5. The van der Waals surface area contributed by atoms with Crippen molar-refractivity contribution in [2.24, 2.45) is 0 Å². The van der Waals surface area contributed by atoms with Crippen LogP contribution in [0.3, 0.4) is 0 Å². The highest BCUT2D eigenvalue weighted by molar-refractivity contribution is 9.10. The zero-order valence-electron chi connectivity index (χ0n) is 18.2. The Kier molecular flexibility index (Phi) is 8.07. The molecule has 34 heavy (non-hydrogen) atoms. The van der Waals surface area contributed by atoms with E-state index in [-0.39, 0.29) is 30.3 Å². The van der Waals surface area contributed by atoms with E-state index in [1.54, 1.807) is 36.4 Å². The summed E-state index contributed by atoms with van der Waals surface area (Å²) in [5, 5.41) is 0. The molecule has 2 unspecified atom stereocenters. The Bertz CT molecular complexity index is 1210. The number of benzene rings is 4. The molecule has 0 aromatic heterocycles. The van der Waals surface area contributed by atoms with Gasteiger partial charge in [-0.05, 0) is 59.4 Å². The van der Waals surface area contributed by atoms with E-state index in [4.69, 9.17) is 0 Å². The summed E-state index contributed by atoms with van der Waals surface area (Å²) in [5.41, 5.74) is 2.49. The van der Waals surface area contributed by atoms with Gasteiger partial charge in [-0.25, -0.2) is 8.78 Å². The molecule has 172 valence electrons. The first kappa shape index (κ1) is 24.5. The van der Waals surface area contributed by atoms with Crippen LogP contribution in [-0.2, 0) is 17.6 Å². The Morgan fingerprint density at radius 1 is 0.588 bits per heavy atom. The predicted octanol–water partition coefficient (Wildman–Crippen LogP) is 8.41. The van der Waals surface area contributed by atoms with Gasteiger partial charge in [0, 0.05) is 20.8 Å². The molecule has 4 aromatic rings. The van der Waals surface area contributed by atoms with Gasteiger partial charge in [-0.3, -0.25) is 4.79 Å². The van der Waals surface area contributed by atoms with Crippen LogP contribution < -0.4 is 0 Å². The van der Waals surface area contributed by atoms with Crippen molar-refractivity contribution in [3.05, 3.63) is 140 Å². The molecule has 0 aliphatic rings. The third-order valence-corrected chi connectivity index (χ3v) is 7.46. The summed E-state index contributed by atoms with van der Waals surface area (Å²) in [4.78, 5) is 14.3. The molecule has 4 aromatic carbocycles. The van der Waals surface area contributed by atoms with Crippen molar-refractivity contribution >= 4 is 37.6 Å². The number of hydrogen-bond donors (Lipinski definition) is 0. The summed E-state index contributed by atoms with van der Waals surface area (Å²) in [6.45, 7) is 0. The highest BCUT2D eigenvalue weighted by Crippen LogP contribution is 2.37. The molecule has 0 aliphatic carbocycles. The van der Waals surface area contributed by atoms with Crippen molar-refractivity contribution < 1.29 is 13.6 Å². The van der Waals surface area contributed by atoms with Gasteiger partial charge in [0.25, 0.3) is 0 Å². The van der Waals surface area contributed by atoms with E-state index in [2.05, 4.69) is 31.9 Å². The third-order valence-electron chi connectivity index (χ3n) is 6.01. The van der Waals surface area contributed by atoms with Gasteiger partial charge < -0.3 is 0 Å². The maximum atomic E-state index is 14.6. The van der Waals surface area contributed by atoms with Crippen LogP contribution in [-0.4, -0.2) is 5.78 Å². The van der Waals surface area contributed by atoms with Gasteiger partial charge in [0.15, 0.2) is 0 Å². The molecule has 0 amide bonds. The fraction of sp³-hybridized carbons (Fsp3) is 0.138. The van der Waals surface area contributed by atoms with Crippen LogP contribution in [0.5, 0.6) is 0 Å². The van der Waals surface area contributed by atoms with Gasteiger partial charge in [0.2, 0.25) is 0 Å². The maximum Gasteiger partial charge on any atom is 0.148 e. The Morgan fingerprint density at radius 2 is 0.941 bits per heavy atom. The Labute approximate surface area is 215 Å². The molecule has 0 radical (unpaired) electrons. The molecule has 4 rings (SSSR count). The van der Waals surface area contributed by atoms with E-state index in [9.17, 15) is 13.6 Å². The molecule has 1 nitrogen and oxygen atoms in total. The van der Waals surface area contributed by atoms with E-state index in [1.165, 1.54) is 12.1 Å². The van der Waals surface area contributed by atoms with Crippen molar-refractivity contribution in [3.63, 3.8) is 0 Å². The largest absolute Gasteiger partial charge is 0.298 e. The fourth-order valence-electron chi connectivity index (χ4n) is 4.25. The summed E-state index contributed by atoms with van der Waals surface area (Å²) in [5.74, 6) is -2.05. The van der Waals surface area contributed by atoms with E-state index in [0.717, 1.165) is 20.1 Å². The highest BCUT2D eigenvalue weighted by Gasteiger charge is 2.33. The van der Waals surface area contributed by atoms with E-state index in [1.807, 2.05) is 48.5 Å². The Morgan fingerprint density at radius 3 is 1.32 bits per heavy atom. The number of Topliss-reactive ketones (excluding diaryl/α,β-unsaturated/α-hetero) is 1. The van der Waals surface area contributed by atoms with Crippen LogP contribution in [0.4, 0.5) is 8.78 Å². The molecule has 0 spiro atoms. The molecule has 0 saturated heterocycles. The number of halogens is 4. The molecule has 0 heterocycles. The van der Waals surface area contributed by atoms with Crippen molar-refractivity contribution in [2.75, 3.05) is 0 Å². The van der Waals surface area contributed by atoms with Gasteiger partial charge in [-0.1, -0.05) is 105 Å². The normalized spacial score (nSPS) is 12.8. The maximum absolute atomic E-state index is 14.6. The lowest BCUT2D eigenvalue weighted by Gasteiger charge is -2.25. The molecule has 0 fully saturated rings. The lowest BCUT2D eigenvalue weighted by Crippen LogP contribution is -2.25. The Balaban J connectivity index is 1.82. The lowest BCUT2D eigenvalue weighted by molar-refractivity contribution is -0.122. The van der Waals surface area contributed by atoms with Crippen LogP contribution in [0, 0.1) is 11.6 Å². The molecule has 0 bridgehead atoms. The lowest BCUT2D eigenvalue weighted by atomic mass is 9.78. The van der Waals surface area contributed by atoms with E-state index < -0.39 is 11.8 Å². The molecule has 2 atom stereocenters. The zero-order valence-corrected chi connectivity index (χ0v) is 21.4. The van der Waals surface area contributed by atoms with Crippen LogP contribution in [0.1, 0.15) is 34.1 Å². The summed E-state index contributed by atoms with van der Waals surface area (Å²) in [6, 6.07) is 28.0. The van der Waals surface area contributed by atoms with Crippen LogP contribution in [0.25, 0.3) is 0 Å². The second-order valence-corrected chi connectivity index (χ2v) is 9.85. The summed E-state index contributed by atoms with van der Waals surface area (Å²) in [7, 11) is 0. The van der Waals surface area contributed by atoms with Gasteiger partial charge in [0.1, 0.15) is 17.4 Å². The number of rotatable bonds is 8. The Hall–Kier alpha value is -2.63. The third kappa shape index (κ3) is 5.53. The first-order valence-electron chi connectivity index (χ1n) is 10.9. The standard InChI is InChI=1S/C29H22Br2F2O/c30-25-13-5-3-11-21(25)23(17-19-9-1-7-15-27(19)32)29(34)24(22-12-4-6-14-26(22)31)18-20-10-2-8-16-28(20)33/h1-16,23-24H,17-18H2. The number of carbonyl (C=O) groups is 1. The zero-order chi connectivity index (χ0) is 24.1. The van der Waals surface area contributed by atoms with Crippen LogP contribution in [0.15, 0.2) is 106 Å². The second-order valence-electron chi connectivity index (χ2n) is 8.14. The van der Waals surface area contributed by atoms with Gasteiger partial charge in [0.05, 0.1) is 0 Å². The smallest absolute Gasteiger partial charge is 0.148 e. The van der Waals surface area contributed by atoms with Crippen molar-refractivity contribution in [2.45, 2.75) is 24.7 Å². The monoisotopic (exact) mass is 582 g/mol. The molecule has 0 aliphatic heterocycles. The topological polar surface area (TPSA) is 17.1 Å².